The fourth-order valence-electron chi connectivity index (χ4n) is 2.64. The van der Waals surface area contributed by atoms with Gasteiger partial charge in [-0.05, 0) is 42.0 Å². The van der Waals surface area contributed by atoms with Gasteiger partial charge in [0.2, 0.25) is 5.91 Å². The van der Waals surface area contributed by atoms with Crippen molar-refractivity contribution in [3.8, 4) is 11.5 Å². The monoisotopic (exact) mass is 367 g/mol. The third kappa shape index (κ3) is 3.87. The minimum atomic E-state index is -0.411. The van der Waals surface area contributed by atoms with Gasteiger partial charge in [-0.1, -0.05) is 12.1 Å². The Balaban J connectivity index is 2.02. The summed E-state index contributed by atoms with van der Waals surface area (Å²) in [6.45, 7) is -0.110. The number of hydrogen-bond acceptors (Lipinski definition) is 5. The van der Waals surface area contributed by atoms with Crippen LogP contribution < -0.4 is 20.1 Å². The molecule has 0 spiro atoms. The number of nitrogens with zero attached hydrogens (tertiary/aromatic N) is 2. The van der Waals surface area contributed by atoms with Crippen LogP contribution in [0.4, 0.5) is 11.4 Å². The van der Waals surface area contributed by atoms with Crippen molar-refractivity contribution < 1.29 is 19.1 Å². The van der Waals surface area contributed by atoms with E-state index in [-0.39, 0.29) is 18.2 Å². The molecule has 2 N–H and O–H groups in total. The molecule has 0 saturated heterocycles. The van der Waals surface area contributed by atoms with Crippen LogP contribution in [0.3, 0.4) is 0 Å². The van der Waals surface area contributed by atoms with E-state index in [0.717, 1.165) is 5.56 Å². The van der Waals surface area contributed by atoms with Crippen LogP contribution in [-0.4, -0.2) is 44.5 Å². The first-order chi connectivity index (χ1) is 12.9. The normalized spacial score (nSPS) is 14.6. The van der Waals surface area contributed by atoms with Gasteiger partial charge in [-0.25, -0.2) is 0 Å². The van der Waals surface area contributed by atoms with E-state index >= 15 is 0 Å². The van der Waals surface area contributed by atoms with Crippen molar-refractivity contribution in [2.75, 3.05) is 38.4 Å². The predicted molar refractivity (Wildman–Crippen MR) is 104 cm³/mol. The zero-order valence-corrected chi connectivity index (χ0v) is 15.4. The molecule has 0 aliphatic carbocycles. The maximum atomic E-state index is 13.0. The van der Waals surface area contributed by atoms with E-state index < -0.39 is 5.91 Å². The Morgan fingerprint density at radius 1 is 1.26 bits per heavy atom. The standard InChI is InChI=1S/C20H21N3O4/c1-22(2)19(24)12-23-16-11-14(21)7-8-17(16)27-18(20(23)25)10-13-5-4-6-15(9-13)26-3/h4-11H,12,21H2,1-3H3/b18-10+. The van der Waals surface area contributed by atoms with Crippen LogP contribution in [0.5, 0.6) is 11.5 Å². The zero-order valence-electron chi connectivity index (χ0n) is 15.4. The molecule has 2 aromatic carbocycles. The van der Waals surface area contributed by atoms with Crippen molar-refractivity contribution >= 4 is 29.3 Å². The van der Waals surface area contributed by atoms with Gasteiger partial charge in [-0.15, -0.1) is 0 Å². The van der Waals surface area contributed by atoms with Crippen molar-refractivity contribution in [3.63, 3.8) is 0 Å². The molecule has 27 heavy (non-hydrogen) atoms. The predicted octanol–water partition coefficient (Wildman–Crippen LogP) is 2.13. The summed E-state index contributed by atoms with van der Waals surface area (Å²) in [7, 11) is 4.85. The van der Waals surface area contributed by atoms with Crippen LogP contribution in [0, 0.1) is 0 Å². The van der Waals surface area contributed by atoms with Crippen molar-refractivity contribution in [3.05, 3.63) is 53.8 Å². The molecule has 2 aromatic rings. The second-order valence-electron chi connectivity index (χ2n) is 6.29. The Kier molecular flexibility index (Phi) is 5.03. The molecule has 0 aromatic heterocycles. The largest absolute Gasteiger partial charge is 0.497 e. The highest BCUT2D eigenvalue weighted by Gasteiger charge is 2.32. The minimum absolute atomic E-state index is 0.110. The Bertz CT molecular complexity index is 921. The number of fused-ring (bicyclic) bond motifs is 1. The Morgan fingerprint density at radius 3 is 2.74 bits per heavy atom. The average Bonchev–Trinajstić information content (AvgIpc) is 2.65. The Labute approximate surface area is 157 Å². The van der Waals surface area contributed by atoms with E-state index in [2.05, 4.69) is 0 Å². The third-order valence-electron chi connectivity index (χ3n) is 4.13. The molecule has 7 nitrogen and oxygen atoms in total. The molecule has 1 aliphatic rings. The van der Waals surface area contributed by atoms with Crippen molar-refractivity contribution in [1.82, 2.24) is 4.90 Å². The SMILES string of the molecule is COc1cccc(/C=C2/Oc3ccc(N)cc3N(CC(=O)N(C)C)C2=O)c1. The summed E-state index contributed by atoms with van der Waals surface area (Å²) in [6.07, 6.45) is 1.62. The van der Waals surface area contributed by atoms with Gasteiger partial charge in [0, 0.05) is 19.8 Å². The van der Waals surface area contributed by atoms with E-state index in [1.807, 2.05) is 18.2 Å². The summed E-state index contributed by atoms with van der Waals surface area (Å²) in [5, 5.41) is 0. The molecule has 0 unspecified atom stereocenters. The number of rotatable bonds is 4. The van der Waals surface area contributed by atoms with Crippen molar-refractivity contribution in [2.45, 2.75) is 0 Å². The molecule has 1 heterocycles. The van der Waals surface area contributed by atoms with E-state index in [9.17, 15) is 9.59 Å². The summed E-state index contributed by atoms with van der Waals surface area (Å²) in [5.41, 5.74) is 7.55. The first-order valence-electron chi connectivity index (χ1n) is 8.34. The minimum Gasteiger partial charge on any atom is -0.497 e. The van der Waals surface area contributed by atoms with Crippen LogP contribution in [0.15, 0.2) is 48.2 Å². The summed E-state index contributed by atoms with van der Waals surface area (Å²) < 4.78 is 11.0. The van der Waals surface area contributed by atoms with Crippen LogP contribution in [-0.2, 0) is 9.59 Å². The molecular formula is C20H21N3O4. The van der Waals surface area contributed by atoms with Gasteiger partial charge in [0.1, 0.15) is 12.3 Å². The number of anilines is 2. The van der Waals surface area contributed by atoms with Crippen LogP contribution in [0.25, 0.3) is 6.08 Å². The number of likely N-dealkylation sites (N-methyl/N-ethyl adjacent to an activating group) is 1. The molecule has 7 heteroatoms. The molecule has 140 valence electrons. The number of ether oxygens (including phenoxy) is 2. The highest BCUT2D eigenvalue weighted by Crippen LogP contribution is 2.37. The van der Waals surface area contributed by atoms with Gasteiger partial charge < -0.3 is 20.1 Å². The fourth-order valence-corrected chi connectivity index (χ4v) is 2.64. The van der Waals surface area contributed by atoms with Crippen molar-refractivity contribution in [2.24, 2.45) is 0 Å². The topological polar surface area (TPSA) is 85.1 Å². The molecule has 3 rings (SSSR count). The number of nitrogen functional groups attached to an aromatic ring is 1. The molecular weight excluding hydrogens is 346 g/mol. The molecule has 0 saturated carbocycles. The first-order valence-corrected chi connectivity index (χ1v) is 8.34. The van der Waals surface area contributed by atoms with Gasteiger partial charge in [0.25, 0.3) is 5.91 Å². The molecule has 2 amide bonds. The Morgan fingerprint density at radius 2 is 2.04 bits per heavy atom. The van der Waals surface area contributed by atoms with Crippen LogP contribution >= 0.6 is 0 Å². The maximum Gasteiger partial charge on any atom is 0.294 e. The average molecular weight is 367 g/mol. The lowest BCUT2D eigenvalue weighted by atomic mass is 10.1. The number of hydrogen-bond donors (Lipinski definition) is 1. The number of amides is 2. The molecule has 0 atom stereocenters. The molecule has 0 fully saturated rings. The van der Waals surface area contributed by atoms with Gasteiger partial charge in [-0.2, -0.15) is 0 Å². The number of carbonyl (C=O) groups is 2. The van der Waals surface area contributed by atoms with E-state index in [0.29, 0.717) is 22.9 Å². The number of nitrogens with two attached hydrogens (primary N) is 1. The van der Waals surface area contributed by atoms with E-state index in [4.69, 9.17) is 15.2 Å². The second kappa shape index (κ2) is 7.41. The molecule has 0 radical (unpaired) electrons. The number of carbonyl (C=O) groups excluding carboxylic acids is 2. The van der Waals surface area contributed by atoms with Gasteiger partial charge >= 0.3 is 0 Å². The number of methoxy groups -OCH3 is 1. The zero-order chi connectivity index (χ0) is 19.6. The quantitative estimate of drug-likeness (QED) is 0.661. The summed E-state index contributed by atoms with van der Waals surface area (Å²) >= 11 is 0. The summed E-state index contributed by atoms with van der Waals surface area (Å²) in [6, 6.07) is 12.2. The Hall–Kier alpha value is -3.48. The van der Waals surface area contributed by atoms with Crippen LogP contribution in [0.2, 0.25) is 0 Å². The lowest BCUT2D eigenvalue weighted by molar-refractivity contribution is -0.129. The maximum absolute atomic E-state index is 13.0. The van der Waals surface area contributed by atoms with Crippen LogP contribution in [0.1, 0.15) is 5.56 Å². The van der Waals surface area contributed by atoms with Gasteiger partial charge in [-0.3, -0.25) is 14.5 Å². The van der Waals surface area contributed by atoms with Crippen molar-refractivity contribution in [1.29, 1.82) is 0 Å². The molecule has 1 aliphatic heterocycles. The first kappa shape index (κ1) is 18.3. The smallest absolute Gasteiger partial charge is 0.294 e. The number of benzene rings is 2. The van der Waals surface area contributed by atoms with E-state index in [1.54, 1.807) is 51.5 Å². The van der Waals surface area contributed by atoms with E-state index in [1.165, 1.54) is 9.80 Å². The summed E-state index contributed by atoms with van der Waals surface area (Å²) in [4.78, 5) is 28.0. The third-order valence-corrected chi connectivity index (χ3v) is 4.13. The second-order valence-corrected chi connectivity index (χ2v) is 6.29. The highest BCUT2D eigenvalue weighted by atomic mass is 16.5. The summed E-state index contributed by atoms with van der Waals surface area (Å²) in [5.74, 6) is 0.627. The van der Waals surface area contributed by atoms with Gasteiger partial charge in [0.15, 0.2) is 11.5 Å². The van der Waals surface area contributed by atoms with Gasteiger partial charge in [0.05, 0.1) is 12.8 Å². The lowest BCUT2D eigenvalue weighted by Gasteiger charge is -2.31. The lowest BCUT2D eigenvalue weighted by Crippen LogP contribution is -2.44. The molecule has 0 bridgehead atoms. The highest BCUT2D eigenvalue weighted by molar-refractivity contribution is 6.12. The fraction of sp³-hybridized carbons (Fsp3) is 0.200.